The Bertz CT molecular complexity index is 288. The summed E-state index contributed by atoms with van der Waals surface area (Å²) in [5, 5.41) is 4.42. The van der Waals surface area contributed by atoms with Crippen LogP contribution in [0.15, 0.2) is 17.4 Å². The molecule has 0 aromatic rings. The normalized spacial score (nSPS) is 29.1. The molecule has 3 aliphatic rings. The molecular formula is C16H26N2. The predicted octanol–water partition coefficient (Wildman–Crippen LogP) is 4.24. The highest BCUT2D eigenvalue weighted by molar-refractivity contribution is 5.70. The van der Waals surface area contributed by atoms with E-state index in [2.05, 4.69) is 29.0 Å². The van der Waals surface area contributed by atoms with E-state index in [1.807, 2.05) is 0 Å². The fourth-order valence-corrected chi connectivity index (χ4v) is 4.44. The van der Waals surface area contributed by atoms with Crippen molar-refractivity contribution in [2.75, 3.05) is 0 Å². The number of hydrogen-bond donors (Lipinski definition) is 1. The van der Waals surface area contributed by atoms with Gasteiger partial charge in [-0.05, 0) is 37.5 Å². The van der Waals surface area contributed by atoms with Crippen LogP contribution >= 0.6 is 0 Å². The lowest BCUT2D eigenvalue weighted by Crippen LogP contribution is -2.42. The molecule has 2 fully saturated rings. The van der Waals surface area contributed by atoms with Gasteiger partial charge in [0.05, 0.1) is 0 Å². The van der Waals surface area contributed by atoms with E-state index in [9.17, 15) is 0 Å². The van der Waals surface area contributed by atoms with Crippen LogP contribution in [0.25, 0.3) is 0 Å². The van der Waals surface area contributed by atoms with E-state index in [-0.39, 0.29) is 5.41 Å². The van der Waals surface area contributed by atoms with Gasteiger partial charge in [0.2, 0.25) is 0 Å². The van der Waals surface area contributed by atoms with E-state index in [0.717, 1.165) is 11.8 Å². The Morgan fingerprint density at radius 3 is 1.83 bits per heavy atom. The molecule has 0 bridgehead atoms. The first-order valence-corrected chi connectivity index (χ1v) is 7.89. The van der Waals surface area contributed by atoms with Gasteiger partial charge in [0.1, 0.15) is 0 Å². The molecule has 18 heavy (non-hydrogen) atoms. The molecule has 2 nitrogen and oxygen atoms in total. The first kappa shape index (κ1) is 12.3. The van der Waals surface area contributed by atoms with Gasteiger partial charge in [0, 0.05) is 17.8 Å². The largest absolute Gasteiger partial charge is 0.286 e. The quantitative estimate of drug-likeness (QED) is 0.774. The average molecular weight is 246 g/mol. The Hall–Kier alpha value is -0.790. The minimum atomic E-state index is 0.284. The molecule has 2 saturated carbocycles. The lowest BCUT2D eigenvalue weighted by atomic mass is 9.59. The first-order valence-electron chi connectivity index (χ1n) is 7.89. The summed E-state index contributed by atoms with van der Waals surface area (Å²) >= 11 is 0. The van der Waals surface area contributed by atoms with E-state index in [0.29, 0.717) is 0 Å². The molecule has 100 valence electrons. The van der Waals surface area contributed by atoms with Crippen LogP contribution in [0.3, 0.4) is 0 Å². The van der Waals surface area contributed by atoms with Crippen molar-refractivity contribution in [1.29, 1.82) is 0 Å². The second kappa shape index (κ2) is 5.46. The van der Waals surface area contributed by atoms with Crippen LogP contribution in [0, 0.1) is 17.3 Å². The summed E-state index contributed by atoms with van der Waals surface area (Å²) in [6.07, 6.45) is 21.0. The van der Waals surface area contributed by atoms with Gasteiger partial charge in [-0.2, -0.15) is 5.10 Å². The fraction of sp³-hybridized carbons (Fsp3) is 0.812. The zero-order valence-corrected chi connectivity index (χ0v) is 11.4. The maximum atomic E-state index is 4.42. The molecular weight excluding hydrogens is 220 g/mol. The van der Waals surface area contributed by atoms with Crippen molar-refractivity contribution >= 4 is 6.21 Å². The summed E-state index contributed by atoms with van der Waals surface area (Å²) in [6.45, 7) is 0. The van der Waals surface area contributed by atoms with Crippen LogP contribution in [0.2, 0.25) is 0 Å². The highest BCUT2D eigenvalue weighted by Crippen LogP contribution is 2.49. The monoisotopic (exact) mass is 246 g/mol. The third-order valence-corrected chi connectivity index (χ3v) is 5.43. The maximum absolute atomic E-state index is 4.42. The van der Waals surface area contributed by atoms with E-state index in [1.54, 1.807) is 0 Å². The summed E-state index contributed by atoms with van der Waals surface area (Å²) in [4.78, 5) is 0. The maximum Gasteiger partial charge on any atom is 0.0352 e. The standard InChI is InChI=1S/C16H26N2/c1-3-7-14(8-4-1)16(11-12-17-18-13-16)15-9-5-2-6-10-15/h11-15,17H,1-10H2. The molecule has 0 saturated heterocycles. The Labute approximate surface area is 111 Å². The second-order valence-electron chi connectivity index (χ2n) is 6.39. The minimum Gasteiger partial charge on any atom is -0.286 e. The van der Waals surface area contributed by atoms with Crippen LogP contribution in [0.1, 0.15) is 64.2 Å². The molecule has 0 unspecified atom stereocenters. The molecule has 0 aromatic carbocycles. The Balaban J connectivity index is 1.84. The smallest absolute Gasteiger partial charge is 0.0352 e. The van der Waals surface area contributed by atoms with Crippen molar-refractivity contribution in [3.05, 3.63) is 12.3 Å². The number of nitrogens with zero attached hydrogens (tertiary/aromatic N) is 1. The predicted molar refractivity (Wildman–Crippen MR) is 76.4 cm³/mol. The molecule has 1 N–H and O–H groups in total. The minimum absolute atomic E-state index is 0.284. The Morgan fingerprint density at radius 1 is 0.833 bits per heavy atom. The summed E-state index contributed by atoms with van der Waals surface area (Å²) in [6, 6.07) is 0. The summed E-state index contributed by atoms with van der Waals surface area (Å²) in [5.74, 6) is 1.69. The Morgan fingerprint density at radius 2 is 1.39 bits per heavy atom. The highest BCUT2D eigenvalue weighted by Gasteiger charge is 2.43. The average Bonchev–Trinajstić information content (AvgIpc) is 2.50. The number of rotatable bonds is 2. The molecule has 0 spiro atoms. The van der Waals surface area contributed by atoms with E-state index < -0.39 is 0 Å². The lowest BCUT2D eigenvalue weighted by molar-refractivity contribution is 0.134. The number of hydrogen-bond acceptors (Lipinski definition) is 2. The molecule has 1 aliphatic heterocycles. The summed E-state index contributed by atoms with van der Waals surface area (Å²) < 4.78 is 0. The van der Waals surface area contributed by atoms with Gasteiger partial charge >= 0.3 is 0 Å². The lowest BCUT2D eigenvalue weighted by Gasteiger charge is -2.46. The van der Waals surface area contributed by atoms with Gasteiger partial charge in [-0.3, -0.25) is 5.43 Å². The number of allylic oxidation sites excluding steroid dienone is 1. The van der Waals surface area contributed by atoms with E-state index >= 15 is 0 Å². The van der Waals surface area contributed by atoms with Crippen LogP contribution in [-0.4, -0.2) is 6.21 Å². The molecule has 0 radical (unpaired) electrons. The second-order valence-corrected chi connectivity index (χ2v) is 6.39. The molecule has 0 aromatic heterocycles. The molecule has 0 amide bonds. The molecule has 2 heteroatoms. The van der Waals surface area contributed by atoms with Gasteiger partial charge in [-0.25, -0.2) is 0 Å². The van der Waals surface area contributed by atoms with Crippen LogP contribution in [-0.2, 0) is 0 Å². The van der Waals surface area contributed by atoms with Crippen molar-refractivity contribution in [3.8, 4) is 0 Å². The molecule has 0 atom stereocenters. The van der Waals surface area contributed by atoms with Crippen LogP contribution < -0.4 is 5.43 Å². The summed E-state index contributed by atoms with van der Waals surface area (Å²) in [5.41, 5.74) is 3.29. The SMILES string of the molecule is C1=CC(C2CCCCC2)(C2CCCCC2)C=NN1. The molecule has 1 heterocycles. The van der Waals surface area contributed by atoms with Crippen molar-refractivity contribution < 1.29 is 0 Å². The molecule has 2 aliphatic carbocycles. The zero-order chi connectivity index (χ0) is 12.3. The van der Waals surface area contributed by atoms with Gasteiger partial charge in [0.25, 0.3) is 0 Å². The van der Waals surface area contributed by atoms with Gasteiger partial charge in [0.15, 0.2) is 0 Å². The van der Waals surface area contributed by atoms with Crippen molar-refractivity contribution in [3.63, 3.8) is 0 Å². The summed E-state index contributed by atoms with van der Waals surface area (Å²) in [7, 11) is 0. The number of nitrogens with one attached hydrogen (secondary N) is 1. The zero-order valence-electron chi connectivity index (χ0n) is 11.4. The fourth-order valence-electron chi connectivity index (χ4n) is 4.44. The highest BCUT2D eigenvalue weighted by atomic mass is 15.3. The van der Waals surface area contributed by atoms with Gasteiger partial charge < -0.3 is 0 Å². The van der Waals surface area contributed by atoms with Gasteiger partial charge in [-0.1, -0.05) is 44.6 Å². The third-order valence-electron chi connectivity index (χ3n) is 5.43. The molecule has 3 rings (SSSR count). The van der Waals surface area contributed by atoms with Crippen molar-refractivity contribution in [2.24, 2.45) is 22.4 Å². The van der Waals surface area contributed by atoms with Crippen LogP contribution in [0.4, 0.5) is 0 Å². The topological polar surface area (TPSA) is 24.4 Å². The van der Waals surface area contributed by atoms with Crippen molar-refractivity contribution in [2.45, 2.75) is 64.2 Å². The first-order chi connectivity index (χ1) is 8.92. The third kappa shape index (κ3) is 2.22. The van der Waals surface area contributed by atoms with Crippen molar-refractivity contribution in [1.82, 2.24) is 5.43 Å². The van der Waals surface area contributed by atoms with E-state index in [4.69, 9.17) is 0 Å². The van der Waals surface area contributed by atoms with E-state index in [1.165, 1.54) is 64.2 Å². The Kier molecular flexibility index (Phi) is 3.72. The van der Waals surface area contributed by atoms with Gasteiger partial charge in [-0.15, -0.1) is 0 Å². The number of hydrazone groups is 1. The van der Waals surface area contributed by atoms with Crippen LogP contribution in [0.5, 0.6) is 0 Å².